The molecule has 1 amide bonds. The third-order valence-corrected chi connectivity index (χ3v) is 3.69. The SMILES string of the molecule is CN(CC[N+](C)(C)COP(=O)(O)O)C(=O)Oc1ccc(CO)cc1.[Cl-].[Fm].[Fm]. The van der Waals surface area contributed by atoms with Crippen molar-refractivity contribution < 1.29 is 50.4 Å². The molecule has 9 nitrogen and oxygen atoms in total. The van der Waals surface area contributed by atoms with Crippen molar-refractivity contribution in [2.75, 3.05) is 41.0 Å². The number of rotatable bonds is 8. The Morgan fingerprint density at radius 2 is 1.70 bits per heavy atom. The Morgan fingerprint density at radius 3 is 2.15 bits per heavy atom. The quantitative estimate of drug-likeness (QED) is 0.154. The molecule has 13 heteroatoms. The molecule has 1 rings (SSSR count). The molecule has 1 aromatic carbocycles. The van der Waals surface area contributed by atoms with Crippen LogP contribution < -0.4 is 17.1 Å². The van der Waals surface area contributed by atoms with Gasteiger partial charge in [0.05, 0.1) is 33.8 Å². The van der Waals surface area contributed by atoms with Crippen LogP contribution in [0, 0.1) is 0 Å². The smallest absolute Gasteiger partial charge is 0.474 e. The van der Waals surface area contributed by atoms with Gasteiger partial charge in [0.2, 0.25) is 0 Å². The van der Waals surface area contributed by atoms with E-state index in [0.717, 1.165) is 0 Å². The summed E-state index contributed by atoms with van der Waals surface area (Å²) in [5.41, 5.74) is 0.715. The van der Waals surface area contributed by atoms with E-state index in [9.17, 15) is 9.36 Å². The van der Waals surface area contributed by atoms with Crippen LogP contribution >= 0.6 is 7.82 Å². The summed E-state index contributed by atoms with van der Waals surface area (Å²) in [6, 6.07) is 6.49. The second-order valence-electron chi connectivity index (χ2n) is 6.00. The first-order valence-electron chi connectivity index (χ1n) is 7.17. The number of phosphoric ester groups is 1. The number of benzene rings is 1. The standard InChI is InChI=1S/C14H23N2O7P.ClH.2Fm/c1-15(8-9-16(2,3)11-22-24(19,20)21)14(18)23-13-6-4-12(10-17)5-7-13;;;/h4-7,17H,8-11H2,1-3H3,(H-,19,20,21);1H;;. The van der Waals surface area contributed by atoms with Gasteiger partial charge in [0.25, 0.3) is 0 Å². The normalized spacial score (nSPS) is 10.7. The molecule has 0 spiro atoms. The summed E-state index contributed by atoms with van der Waals surface area (Å²) >= 11 is 0. The first kappa shape index (κ1) is 28.6. The number of carbonyl (C=O) groups excluding carboxylic acids is 1. The molecule has 0 bridgehead atoms. The molecule has 0 aliphatic carbocycles. The number of phosphoric acid groups is 1. The maximum Gasteiger partial charge on any atom is 0.474 e. The van der Waals surface area contributed by atoms with Gasteiger partial charge in [-0.3, -0.25) is 0 Å². The van der Waals surface area contributed by atoms with Crippen LogP contribution in [0.1, 0.15) is 5.56 Å². The molecular formula is C14H24ClFm2N2O7P. The monoisotopic (exact) mass is 912 g/mol. The third kappa shape index (κ3) is 11.1. The predicted molar refractivity (Wildman–Crippen MR) is 86.0 cm³/mol. The maximum absolute atomic E-state index is 12.0. The number of hydrogen-bond acceptors (Lipinski definition) is 5. The van der Waals surface area contributed by atoms with Crippen LogP contribution in [0.4, 0.5) is 4.79 Å². The van der Waals surface area contributed by atoms with Crippen molar-refractivity contribution in [1.29, 1.82) is 0 Å². The maximum atomic E-state index is 12.0. The number of nitrogens with zero attached hydrogens (tertiary/aromatic N) is 2. The summed E-state index contributed by atoms with van der Waals surface area (Å²) in [5, 5.41) is 8.96. The van der Waals surface area contributed by atoms with Crippen LogP contribution in [0.25, 0.3) is 0 Å². The molecule has 1 aromatic rings. The molecule has 168 valence electrons. The minimum Gasteiger partial charge on any atom is -1.00 e. The zero-order valence-corrected chi connectivity index (χ0v) is 21.4. The van der Waals surface area contributed by atoms with E-state index in [1.165, 1.54) is 4.90 Å². The van der Waals surface area contributed by atoms with Gasteiger partial charge in [-0.1, -0.05) is 12.1 Å². The second-order valence-corrected chi connectivity index (χ2v) is 7.24. The van der Waals surface area contributed by atoms with Crippen LogP contribution in [-0.4, -0.2) is 71.3 Å². The van der Waals surface area contributed by atoms with E-state index < -0.39 is 13.9 Å². The average molecular weight is 913 g/mol. The van der Waals surface area contributed by atoms with Crippen molar-refractivity contribution in [2.45, 2.75) is 6.61 Å². The van der Waals surface area contributed by atoms with Crippen LogP contribution in [0.2, 0.25) is 0 Å². The van der Waals surface area contributed by atoms with Gasteiger partial charge in [0.1, 0.15) is 5.75 Å². The van der Waals surface area contributed by atoms with Crippen molar-refractivity contribution in [3.8, 4) is 5.75 Å². The Labute approximate surface area is 153 Å². The first-order valence-corrected chi connectivity index (χ1v) is 8.70. The van der Waals surface area contributed by atoms with E-state index >= 15 is 0 Å². The second kappa shape index (κ2) is 11.4. The molecule has 0 unspecified atom stereocenters. The molecule has 0 saturated heterocycles. The fraction of sp³-hybridized carbons (Fsp3) is 0.500. The van der Waals surface area contributed by atoms with Gasteiger partial charge in [-0.25, -0.2) is 13.9 Å². The fourth-order valence-corrected chi connectivity index (χ4v) is 2.11. The van der Waals surface area contributed by atoms with Gasteiger partial charge >= 0.3 is 13.9 Å². The number of halogens is 1. The predicted octanol–water partition coefficient (Wildman–Crippen LogP) is -2.24. The van der Waals surface area contributed by atoms with Crippen LogP contribution in [0.5, 0.6) is 5.75 Å². The van der Waals surface area contributed by atoms with Crippen molar-refractivity contribution in [2.24, 2.45) is 0 Å². The van der Waals surface area contributed by atoms with Crippen LogP contribution in [-0.2, 0) is 15.7 Å². The molecule has 27 heavy (non-hydrogen) atoms. The molecular weight excluding hydrogens is 889 g/mol. The Balaban J connectivity index is -0.00000192. The van der Waals surface area contributed by atoms with E-state index in [0.29, 0.717) is 24.4 Å². The number of carbonyl (C=O) groups is 1. The number of hydrogen-bond donors (Lipinski definition) is 3. The van der Waals surface area contributed by atoms with Gasteiger partial charge < -0.3 is 41.4 Å². The fourth-order valence-electron chi connectivity index (χ4n) is 1.65. The zero-order chi connectivity index (χ0) is 18.4. The van der Waals surface area contributed by atoms with Gasteiger partial charge in [-0.05, 0) is 17.7 Å². The molecule has 0 aromatic heterocycles. The summed E-state index contributed by atoms with van der Waals surface area (Å²) in [6.45, 7) is 0.452. The Morgan fingerprint density at radius 1 is 1.19 bits per heavy atom. The molecule has 0 radical (unpaired) electrons. The molecule has 0 heterocycles. The minimum atomic E-state index is -4.52. The van der Waals surface area contributed by atoms with Crippen LogP contribution in [0.15, 0.2) is 24.3 Å². The van der Waals surface area contributed by atoms with Crippen LogP contribution in [0.3, 0.4) is 0 Å². The third-order valence-electron chi connectivity index (χ3n) is 3.24. The zero-order valence-electron chi connectivity index (χ0n) is 14.9. The first-order chi connectivity index (χ1) is 11.0. The van der Waals surface area contributed by atoms with Gasteiger partial charge in [0, 0.05) is 7.05 Å². The molecule has 0 atom stereocenters. The van der Waals surface area contributed by atoms with E-state index in [-0.39, 0.29) is 30.2 Å². The summed E-state index contributed by atoms with van der Waals surface area (Å²) in [6.07, 6.45) is -0.553. The van der Waals surface area contributed by atoms with E-state index in [1.807, 2.05) is 0 Å². The van der Waals surface area contributed by atoms with E-state index in [1.54, 1.807) is 45.4 Å². The Hall–Kier alpha value is -3.19. The minimum absolute atomic E-state index is 0. The topological polar surface area (TPSA) is 117 Å². The summed E-state index contributed by atoms with van der Waals surface area (Å²) in [7, 11) is 0.493. The Bertz CT molecular complexity index is 602. The summed E-state index contributed by atoms with van der Waals surface area (Å²) < 4.78 is 20.6. The molecule has 0 fully saturated rings. The van der Waals surface area contributed by atoms with E-state index in [4.69, 9.17) is 19.6 Å². The van der Waals surface area contributed by atoms with Gasteiger partial charge in [0.15, 0.2) is 6.73 Å². The summed E-state index contributed by atoms with van der Waals surface area (Å²) in [4.78, 5) is 30.8. The number of amides is 1. The number of quaternary nitrogens is 1. The van der Waals surface area contributed by atoms with Crippen molar-refractivity contribution in [1.82, 2.24) is 4.90 Å². The Kier molecular flexibility index (Phi) is 12.1. The number of aliphatic hydroxyl groups is 1. The number of aliphatic hydroxyl groups excluding tert-OH is 1. The number of ether oxygens (including phenoxy) is 1. The molecule has 3 N–H and O–H groups in total. The summed E-state index contributed by atoms with van der Waals surface area (Å²) in [5.74, 6) is 0.364. The van der Waals surface area contributed by atoms with Crippen molar-refractivity contribution in [3.05, 3.63) is 29.8 Å². The number of likely N-dealkylation sites (N-methyl/N-ethyl adjacent to an activating group) is 2. The van der Waals surface area contributed by atoms with E-state index in [2.05, 4.69) is 4.52 Å². The van der Waals surface area contributed by atoms with Crippen molar-refractivity contribution in [3.63, 3.8) is 0 Å². The largest absolute Gasteiger partial charge is 1.00 e. The molecule has 0 aliphatic rings. The van der Waals surface area contributed by atoms with Crippen molar-refractivity contribution >= 4 is 13.9 Å². The molecule has 0 saturated carbocycles. The average Bonchev–Trinajstić information content (AvgIpc) is 2.51. The van der Waals surface area contributed by atoms with Gasteiger partial charge in [-0.15, -0.1) is 0 Å². The molecule has 0 aliphatic heterocycles. The van der Waals surface area contributed by atoms with Gasteiger partial charge in [-0.2, -0.15) is 0 Å².